The van der Waals surface area contributed by atoms with Gasteiger partial charge in [-0.05, 0) is 37.6 Å². The number of hydrogen-bond donors (Lipinski definition) is 1. The quantitative estimate of drug-likeness (QED) is 0.680. The largest absolute Gasteiger partial charge is 0.329 e. The molecular formula is C16H36N2. The van der Waals surface area contributed by atoms with E-state index in [1.807, 2.05) is 0 Å². The first kappa shape index (κ1) is 17.9. The van der Waals surface area contributed by atoms with E-state index in [0.717, 1.165) is 19.0 Å². The van der Waals surface area contributed by atoms with E-state index in [9.17, 15) is 0 Å². The van der Waals surface area contributed by atoms with E-state index in [1.54, 1.807) is 0 Å². The zero-order chi connectivity index (χ0) is 14.3. The van der Waals surface area contributed by atoms with Gasteiger partial charge in [-0.1, -0.05) is 48.0 Å². The topological polar surface area (TPSA) is 29.3 Å². The van der Waals surface area contributed by atoms with Crippen molar-refractivity contribution in [1.82, 2.24) is 4.90 Å². The second-order valence-corrected chi connectivity index (χ2v) is 7.02. The summed E-state index contributed by atoms with van der Waals surface area (Å²) >= 11 is 0. The summed E-state index contributed by atoms with van der Waals surface area (Å²) in [7, 11) is 2.27. The number of hydrogen-bond acceptors (Lipinski definition) is 2. The summed E-state index contributed by atoms with van der Waals surface area (Å²) in [5.74, 6) is 2.15. The van der Waals surface area contributed by atoms with Gasteiger partial charge in [0.2, 0.25) is 0 Å². The van der Waals surface area contributed by atoms with E-state index >= 15 is 0 Å². The van der Waals surface area contributed by atoms with Crippen LogP contribution in [0.2, 0.25) is 0 Å². The summed E-state index contributed by atoms with van der Waals surface area (Å²) in [5, 5.41) is 0. The molecule has 1 unspecified atom stereocenters. The van der Waals surface area contributed by atoms with Crippen molar-refractivity contribution in [2.24, 2.45) is 23.5 Å². The van der Waals surface area contributed by atoms with Gasteiger partial charge in [0.1, 0.15) is 0 Å². The highest BCUT2D eigenvalue weighted by molar-refractivity contribution is 4.92. The summed E-state index contributed by atoms with van der Waals surface area (Å²) in [6, 6.07) is 0. The SMILES string of the molecule is CCC(C)CN(C)C(CN)(CC(C)C)CC(C)C. The van der Waals surface area contributed by atoms with Crippen molar-refractivity contribution in [2.45, 2.75) is 66.3 Å². The molecule has 0 spiro atoms. The van der Waals surface area contributed by atoms with E-state index in [1.165, 1.54) is 19.3 Å². The van der Waals surface area contributed by atoms with Crippen molar-refractivity contribution in [3.05, 3.63) is 0 Å². The number of nitrogens with two attached hydrogens (primary N) is 1. The Hall–Kier alpha value is -0.0800. The Kier molecular flexibility index (Phi) is 8.13. The second kappa shape index (κ2) is 8.16. The van der Waals surface area contributed by atoms with Crippen molar-refractivity contribution in [3.63, 3.8) is 0 Å². The van der Waals surface area contributed by atoms with Gasteiger partial charge in [-0.25, -0.2) is 0 Å². The fraction of sp³-hybridized carbons (Fsp3) is 1.00. The van der Waals surface area contributed by atoms with Crippen LogP contribution in [0.25, 0.3) is 0 Å². The van der Waals surface area contributed by atoms with E-state index in [0.29, 0.717) is 11.8 Å². The zero-order valence-corrected chi connectivity index (χ0v) is 13.8. The molecule has 0 bridgehead atoms. The fourth-order valence-corrected chi connectivity index (χ4v) is 3.03. The first-order valence-corrected chi connectivity index (χ1v) is 7.68. The molecule has 0 aromatic carbocycles. The molecule has 110 valence electrons. The van der Waals surface area contributed by atoms with Gasteiger partial charge >= 0.3 is 0 Å². The van der Waals surface area contributed by atoms with Crippen LogP contribution in [0, 0.1) is 17.8 Å². The molecule has 0 amide bonds. The molecule has 0 aromatic rings. The predicted molar refractivity (Wildman–Crippen MR) is 82.8 cm³/mol. The van der Waals surface area contributed by atoms with Gasteiger partial charge in [0.25, 0.3) is 0 Å². The smallest absolute Gasteiger partial charge is 0.0333 e. The highest BCUT2D eigenvalue weighted by Gasteiger charge is 2.34. The van der Waals surface area contributed by atoms with Crippen LogP contribution in [0.3, 0.4) is 0 Å². The molecule has 2 N–H and O–H groups in total. The van der Waals surface area contributed by atoms with Crippen LogP contribution in [-0.4, -0.2) is 30.6 Å². The lowest BCUT2D eigenvalue weighted by atomic mass is 9.80. The summed E-state index contributed by atoms with van der Waals surface area (Å²) in [6.45, 7) is 15.8. The normalized spacial score (nSPS) is 14.8. The van der Waals surface area contributed by atoms with Crippen molar-refractivity contribution in [2.75, 3.05) is 20.1 Å². The standard InChI is InChI=1S/C16H36N2/c1-8-15(6)11-18(7)16(12-17,9-13(2)3)10-14(4)5/h13-15H,8-12,17H2,1-7H3. The second-order valence-electron chi connectivity index (χ2n) is 7.02. The first-order valence-electron chi connectivity index (χ1n) is 7.68. The molecule has 0 aromatic heterocycles. The highest BCUT2D eigenvalue weighted by Crippen LogP contribution is 2.30. The Bertz CT molecular complexity index is 201. The summed E-state index contributed by atoms with van der Waals surface area (Å²) in [5.41, 5.74) is 6.37. The van der Waals surface area contributed by atoms with Crippen molar-refractivity contribution in [3.8, 4) is 0 Å². The van der Waals surface area contributed by atoms with Crippen LogP contribution in [0.5, 0.6) is 0 Å². The Labute approximate surface area is 115 Å². The van der Waals surface area contributed by atoms with Crippen molar-refractivity contribution in [1.29, 1.82) is 0 Å². The number of nitrogens with zero attached hydrogens (tertiary/aromatic N) is 1. The van der Waals surface area contributed by atoms with Gasteiger partial charge in [0.15, 0.2) is 0 Å². The van der Waals surface area contributed by atoms with E-state index in [2.05, 4.69) is 53.5 Å². The van der Waals surface area contributed by atoms with Gasteiger partial charge in [0, 0.05) is 18.6 Å². The van der Waals surface area contributed by atoms with Gasteiger partial charge in [0.05, 0.1) is 0 Å². The fourth-order valence-electron chi connectivity index (χ4n) is 3.03. The highest BCUT2D eigenvalue weighted by atomic mass is 15.2. The Morgan fingerprint density at radius 3 is 1.72 bits per heavy atom. The van der Waals surface area contributed by atoms with Gasteiger partial charge in [-0.15, -0.1) is 0 Å². The minimum absolute atomic E-state index is 0.186. The maximum atomic E-state index is 6.18. The molecule has 1 atom stereocenters. The average Bonchev–Trinajstić information content (AvgIpc) is 2.26. The van der Waals surface area contributed by atoms with Gasteiger partial charge < -0.3 is 5.73 Å². The minimum Gasteiger partial charge on any atom is -0.329 e. The third kappa shape index (κ3) is 5.71. The average molecular weight is 256 g/mol. The minimum atomic E-state index is 0.186. The molecule has 0 saturated heterocycles. The van der Waals surface area contributed by atoms with Crippen LogP contribution in [-0.2, 0) is 0 Å². The number of rotatable bonds is 9. The molecule has 18 heavy (non-hydrogen) atoms. The third-order valence-electron chi connectivity index (χ3n) is 4.05. The molecule has 0 aliphatic rings. The summed E-state index contributed by atoms with van der Waals surface area (Å²) < 4.78 is 0. The lowest BCUT2D eigenvalue weighted by Crippen LogP contribution is -2.54. The van der Waals surface area contributed by atoms with Gasteiger partial charge in [-0.2, -0.15) is 0 Å². The van der Waals surface area contributed by atoms with Crippen molar-refractivity contribution >= 4 is 0 Å². The van der Waals surface area contributed by atoms with Crippen LogP contribution in [0.1, 0.15) is 60.8 Å². The molecule has 2 nitrogen and oxygen atoms in total. The van der Waals surface area contributed by atoms with E-state index < -0.39 is 0 Å². The van der Waals surface area contributed by atoms with Crippen molar-refractivity contribution < 1.29 is 0 Å². The molecule has 0 saturated carbocycles. The molecule has 0 aliphatic carbocycles. The van der Waals surface area contributed by atoms with Gasteiger partial charge in [-0.3, -0.25) is 4.90 Å². The Morgan fingerprint density at radius 1 is 1.00 bits per heavy atom. The number of likely N-dealkylation sites (N-methyl/N-ethyl adjacent to an activating group) is 1. The lowest BCUT2D eigenvalue weighted by molar-refractivity contribution is 0.0651. The molecule has 0 heterocycles. The van der Waals surface area contributed by atoms with E-state index in [4.69, 9.17) is 5.73 Å². The molecule has 0 rings (SSSR count). The predicted octanol–water partition coefficient (Wildman–Crippen LogP) is 3.75. The Morgan fingerprint density at radius 2 is 1.44 bits per heavy atom. The van der Waals surface area contributed by atoms with Crippen LogP contribution in [0.15, 0.2) is 0 Å². The summed E-state index contributed by atoms with van der Waals surface area (Å²) in [6.07, 6.45) is 3.65. The first-order chi connectivity index (χ1) is 8.27. The Balaban J connectivity index is 4.90. The monoisotopic (exact) mass is 256 g/mol. The van der Waals surface area contributed by atoms with Crippen LogP contribution < -0.4 is 5.73 Å². The third-order valence-corrected chi connectivity index (χ3v) is 4.05. The molecular weight excluding hydrogens is 220 g/mol. The maximum Gasteiger partial charge on any atom is 0.0333 e. The molecule has 0 fully saturated rings. The van der Waals surface area contributed by atoms with E-state index in [-0.39, 0.29) is 5.54 Å². The molecule has 0 radical (unpaired) electrons. The lowest BCUT2D eigenvalue weighted by Gasteiger charge is -2.45. The zero-order valence-electron chi connectivity index (χ0n) is 13.8. The van der Waals surface area contributed by atoms with Crippen LogP contribution in [0.4, 0.5) is 0 Å². The maximum absolute atomic E-state index is 6.18. The molecule has 0 aliphatic heterocycles. The summed E-state index contributed by atoms with van der Waals surface area (Å²) in [4.78, 5) is 2.54. The molecule has 2 heteroatoms. The van der Waals surface area contributed by atoms with Crippen LogP contribution >= 0.6 is 0 Å².